The zero-order chi connectivity index (χ0) is 19.4. The first-order valence-corrected chi connectivity index (χ1v) is 17.0. The van der Waals surface area contributed by atoms with Gasteiger partial charge in [0.15, 0.2) is 0 Å². The summed E-state index contributed by atoms with van der Waals surface area (Å²) in [7, 11) is -14.7. The maximum Gasteiger partial charge on any atom is 0.266 e. The lowest BCUT2D eigenvalue weighted by molar-refractivity contribution is 0.458. The van der Waals surface area contributed by atoms with Crippen molar-refractivity contribution in [3.05, 3.63) is 0 Å². The van der Waals surface area contributed by atoms with Gasteiger partial charge in [-0.2, -0.15) is 16.8 Å². The van der Waals surface area contributed by atoms with Crippen LogP contribution in [0.15, 0.2) is 0 Å². The van der Waals surface area contributed by atoms with Crippen LogP contribution in [0.5, 0.6) is 0 Å². The lowest BCUT2D eigenvalue weighted by Gasteiger charge is -2.55. The predicted molar refractivity (Wildman–Crippen MR) is 105 cm³/mol. The molecule has 0 saturated heterocycles. The maximum absolute atomic E-state index is 12.8. The molecule has 0 unspecified atom stereocenters. The summed E-state index contributed by atoms with van der Waals surface area (Å²) in [4.78, 5) is 0. The normalized spacial score (nSPS) is 14.8. The quantitative estimate of drug-likeness (QED) is 0.392. The highest BCUT2D eigenvalue weighted by atomic mass is 32.2. The monoisotopic (exact) mass is 418 g/mol. The van der Waals surface area contributed by atoms with Crippen LogP contribution in [-0.4, -0.2) is 51.8 Å². The Bertz CT molecular complexity index is 571. The van der Waals surface area contributed by atoms with Crippen molar-refractivity contribution in [3.8, 4) is 0 Å². The topological polar surface area (TPSA) is 109 Å². The number of hydrogen-bond donors (Lipinski definition) is 2. The van der Waals surface area contributed by atoms with Gasteiger partial charge >= 0.3 is 0 Å². The Hall–Kier alpha value is 0.254. The Morgan fingerprint density at radius 1 is 0.667 bits per heavy atom. The Kier molecular flexibility index (Phi) is 8.39. The molecule has 0 fully saturated rings. The van der Waals surface area contributed by atoms with E-state index in [1.54, 1.807) is 0 Å². The molecule has 0 spiro atoms. The SMILES string of the molecule is CC[Si](CC)(CC)C(CS(=O)(=O)O)([Si](CC)(CC)CC)S(=O)(=O)O. The Balaban J connectivity index is 7.33. The van der Waals surface area contributed by atoms with E-state index in [0.29, 0.717) is 36.3 Å². The number of rotatable bonds is 11. The van der Waals surface area contributed by atoms with Crippen LogP contribution in [-0.2, 0) is 20.2 Å². The number of hydrogen-bond acceptors (Lipinski definition) is 4. The Morgan fingerprint density at radius 2 is 0.917 bits per heavy atom. The fourth-order valence-corrected chi connectivity index (χ4v) is 31.1. The third-order valence-electron chi connectivity index (χ3n) is 6.60. The summed E-state index contributed by atoms with van der Waals surface area (Å²) in [6.45, 7) is 11.4. The zero-order valence-electron chi connectivity index (χ0n) is 15.8. The molecule has 146 valence electrons. The molecule has 24 heavy (non-hydrogen) atoms. The molecule has 0 amide bonds. The van der Waals surface area contributed by atoms with E-state index < -0.39 is 46.1 Å². The molecule has 0 bridgehead atoms. The lowest BCUT2D eigenvalue weighted by atomic mass is 10.8. The summed E-state index contributed by atoms with van der Waals surface area (Å²) in [5, 5.41) is 0. The minimum atomic E-state index is -4.66. The molecule has 0 aromatic heterocycles. The largest absolute Gasteiger partial charge is 0.286 e. The van der Waals surface area contributed by atoms with Gasteiger partial charge in [0.2, 0.25) is 0 Å². The summed E-state index contributed by atoms with van der Waals surface area (Å²) in [5.41, 5.74) is 0. The van der Waals surface area contributed by atoms with Gasteiger partial charge in [-0.15, -0.1) is 0 Å². The molecule has 0 atom stereocenters. The summed E-state index contributed by atoms with van der Waals surface area (Å²) in [6.07, 6.45) is 0. The Morgan fingerprint density at radius 3 is 1.04 bits per heavy atom. The highest BCUT2D eigenvalue weighted by Gasteiger charge is 2.69. The van der Waals surface area contributed by atoms with Gasteiger partial charge in [-0.3, -0.25) is 9.11 Å². The smallest absolute Gasteiger partial charge is 0.266 e. The van der Waals surface area contributed by atoms with Gasteiger partial charge in [0.25, 0.3) is 20.2 Å². The van der Waals surface area contributed by atoms with E-state index in [2.05, 4.69) is 0 Å². The second kappa shape index (κ2) is 8.30. The predicted octanol–water partition coefficient (Wildman–Crippen LogP) is 3.60. The van der Waals surface area contributed by atoms with Gasteiger partial charge in [0.05, 0.1) is 25.9 Å². The molecule has 0 radical (unpaired) electrons. The van der Waals surface area contributed by atoms with E-state index in [0.717, 1.165) is 0 Å². The first-order valence-electron chi connectivity index (χ1n) is 8.74. The second-order valence-corrected chi connectivity index (χ2v) is 22.1. The molecule has 0 aliphatic rings. The van der Waals surface area contributed by atoms with Crippen LogP contribution in [0.3, 0.4) is 0 Å². The van der Waals surface area contributed by atoms with Crippen LogP contribution in [0.1, 0.15) is 41.5 Å². The van der Waals surface area contributed by atoms with Crippen molar-refractivity contribution in [1.29, 1.82) is 0 Å². The van der Waals surface area contributed by atoms with Crippen molar-refractivity contribution >= 4 is 36.4 Å². The van der Waals surface area contributed by atoms with Crippen LogP contribution in [0.4, 0.5) is 0 Å². The van der Waals surface area contributed by atoms with Crippen molar-refractivity contribution < 1.29 is 25.9 Å². The van der Waals surface area contributed by atoms with E-state index in [9.17, 15) is 25.9 Å². The molecule has 0 saturated carbocycles. The summed E-state index contributed by atoms with van der Waals surface area (Å²) in [6, 6.07) is 3.36. The molecule has 0 aromatic carbocycles. The lowest BCUT2D eigenvalue weighted by Crippen LogP contribution is -2.78. The molecule has 0 aliphatic heterocycles. The third kappa shape index (κ3) is 3.83. The van der Waals surface area contributed by atoms with Gasteiger partial charge in [0.1, 0.15) is 0 Å². The molecule has 0 aromatic rings. The molecule has 0 aliphatic carbocycles. The van der Waals surface area contributed by atoms with Crippen LogP contribution in [0.2, 0.25) is 36.3 Å². The fraction of sp³-hybridized carbons (Fsp3) is 1.00. The van der Waals surface area contributed by atoms with Gasteiger partial charge in [0, 0.05) is 0 Å². The average molecular weight is 419 g/mol. The first kappa shape index (κ1) is 24.3. The highest BCUT2D eigenvalue weighted by molar-refractivity contribution is 7.94. The van der Waals surface area contributed by atoms with Crippen molar-refractivity contribution in [3.63, 3.8) is 0 Å². The molecule has 6 nitrogen and oxygen atoms in total. The second-order valence-electron chi connectivity index (χ2n) is 6.71. The highest BCUT2D eigenvalue weighted by Crippen LogP contribution is 2.49. The summed E-state index contributed by atoms with van der Waals surface area (Å²) >= 11 is 0. The standard InChI is InChI=1S/C14H34O6S2Si2/c1-7-23(8-2,9-3)14(22(18,19)20,13-21(15,16)17)24(10-4,11-5)12-6/h7-13H2,1-6H3,(H,15,16,17)(H,18,19,20). The molecule has 0 rings (SSSR count). The van der Waals surface area contributed by atoms with E-state index in [-0.39, 0.29) is 0 Å². The average Bonchev–Trinajstić information content (AvgIpc) is 2.48. The van der Waals surface area contributed by atoms with Crippen molar-refractivity contribution in [2.75, 3.05) is 5.75 Å². The minimum absolute atomic E-state index is 0.560. The minimum Gasteiger partial charge on any atom is -0.286 e. The zero-order valence-corrected chi connectivity index (χ0v) is 19.4. The van der Waals surface area contributed by atoms with E-state index in [1.807, 2.05) is 41.5 Å². The van der Waals surface area contributed by atoms with E-state index in [1.165, 1.54) is 0 Å². The fourth-order valence-electron chi connectivity index (χ4n) is 4.96. The third-order valence-corrected chi connectivity index (χ3v) is 28.3. The van der Waals surface area contributed by atoms with Crippen LogP contribution < -0.4 is 0 Å². The summed E-state index contributed by atoms with van der Waals surface area (Å²) in [5.74, 6) is -0.859. The van der Waals surface area contributed by atoms with Gasteiger partial charge in [-0.25, -0.2) is 0 Å². The Labute approximate surface area is 150 Å². The van der Waals surface area contributed by atoms with Crippen molar-refractivity contribution in [2.24, 2.45) is 0 Å². The molecule has 10 heteroatoms. The first-order chi connectivity index (χ1) is 10.8. The maximum atomic E-state index is 12.8. The van der Waals surface area contributed by atoms with Crippen LogP contribution >= 0.6 is 0 Å². The van der Waals surface area contributed by atoms with Crippen molar-refractivity contribution in [1.82, 2.24) is 0 Å². The molecular weight excluding hydrogens is 384 g/mol. The van der Waals surface area contributed by atoms with E-state index in [4.69, 9.17) is 0 Å². The van der Waals surface area contributed by atoms with Crippen molar-refractivity contribution in [2.45, 2.75) is 81.8 Å². The molecule has 2 N–H and O–H groups in total. The van der Waals surface area contributed by atoms with E-state index >= 15 is 0 Å². The molecule has 0 heterocycles. The van der Waals surface area contributed by atoms with Crippen LogP contribution in [0, 0.1) is 0 Å². The van der Waals surface area contributed by atoms with Gasteiger partial charge < -0.3 is 0 Å². The van der Waals surface area contributed by atoms with Crippen LogP contribution in [0.25, 0.3) is 0 Å². The van der Waals surface area contributed by atoms with Gasteiger partial charge in [-0.05, 0) is 0 Å². The van der Waals surface area contributed by atoms with Gasteiger partial charge in [-0.1, -0.05) is 77.8 Å². The molecular formula is C14H34O6S2Si2. The summed E-state index contributed by atoms with van der Waals surface area (Å²) < 4.78 is 67.9.